The molecule has 4 N–H and O–H groups in total. The minimum Gasteiger partial charge on any atom is -0.505 e. The number of rotatable bonds is 4. The largest absolute Gasteiger partial charge is 0.505 e. The first-order valence-electron chi connectivity index (χ1n) is 9.43. The minimum atomic E-state index is -0.456. The van der Waals surface area contributed by atoms with Crippen molar-refractivity contribution in [2.45, 2.75) is 19.9 Å². The maximum atomic E-state index is 10.9. The second kappa shape index (κ2) is 9.26. The Bertz CT molecular complexity index is 1100. The van der Waals surface area contributed by atoms with Crippen LogP contribution in [0, 0.1) is 0 Å². The number of fused-ring (bicyclic) bond motifs is 1. The van der Waals surface area contributed by atoms with E-state index in [2.05, 4.69) is 15.3 Å². The van der Waals surface area contributed by atoms with Gasteiger partial charge < -0.3 is 16.2 Å². The van der Waals surface area contributed by atoms with Crippen LogP contribution in [0.5, 0.6) is 5.75 Å². The van der Waals surface area contributed by atoms with Gasteiger partial charge >= 0.3 is 0 Å². The Morgan fingerprint density at radius 3 is 2.45 bits per heavy atom. The van der Waals surface area contributed by atoms with Gasteiger partial charge in [-0.1, -0.05) is 61.8 Å². The number of nitrogens with one attached hydrogen (secondary N) is 1. The van der Waals surface area contributed by atoms with Crippen molar-refractivity contribution < 1.29 is 5.11 Å². The van der Waals surface area contributed by atoms with Crippen LogP contribution < -0.4 is 11.1 Å². The molecule has 29 heavy (non-hydrogen) atoms. The van der Waals surface area contributed by atoms with Gasteiger partial charge in [-0.15, -0.1) is 0 Å². The lowest BCUT2D eigenvalue weighted by Gasteiger charge is -2.23. The third-order valence-electron chi connectivity index (χ3n) is 4.42. The maximum absolute atomic E-state index is 10.9. The molecule has 2 heterocycles. The lowest BCUT2D eigenvalue weighted by Crippen LogP contribution is -2.14. The topological polar surface area (TPSA) is 84.1 Å². The molecule has 1 atom stereocenters. The van der Waals surface area contributed by atoms with Crippen molar-refractivity contribution in [1.29, 1.82) is 0 Å². The fourth-order valence-corrected chi connectivity index (χ4v) is 3.32. The van der Waals surface area contributed by atoms with Gasteiger partial charge in [-0.05, 0) is 29.8 Å². The summed E-state index contributed by atoms with van der Waals surface area (Å²) in [4.78, 5) is 8.64. The number of nitrogens with two attached hydrogens (primary N) is 1. The molecule has 0 amide bonds. The second-order valence-corrected chi connectivity index (χ2v) is 6.50. The van der Waals surface area contributed by atoms with Crippen molar-refractivity contribution >= 4 is 34.0 Å². The summed E-state index contributed by atoms with van der Waals surface area (Å²) in [6, 6.07) is 18.1. The summed E-state index contributed by atoms with van der Waals surface area (Å²) < 4.78 is 0. The van der Waals surface area contributed by atoms with Crippen LogP contribution in [0.4, 0.5) is 11.5 Å². The standard InChI is InChI=1S/C21H17ClN4O.C2H6/c22-18-14(6-3-7-16(18)23)20(26-17-8-1-2-11-24-17)15-10-9-13-5-4-12-25-19(13)21(15)27;1-2/h1-12,20,27H,23H2,(H,24,26);1-2H3. The molecule has 6 heteroatoms. The van der Waals surface area contributed by atoms with E-state index in [-0.39, 0.29) is 5.75 Å². The van der Waals surface area contributed by atoms with Crippen molar-refractivity contribution in [3.8, 4) is 5.75 Å². The average molecular weight is 407 g/mol. The summed E-state index contributed by atoms with van der Waals surface area (Å²) in [5.41, 5.74) is 8.39. The van der Waals surface area contributed by atoms with Crippen LogP contribution in [0.15, 0.2) is 73.1 Å². The predicted molar refractivity (Wildman–Crippen MR) is 120 cm³/mol. The van der Waals surface area contributed by atoms with E-state index in [0.29, 0.717) is 27.6 Å². The molecule has 148 valence electrons. The van der Waals surface area contributed by atoms with E-state index in [4.69, 9.17) is 17.3 Å². The number of hydrogen-bond donors (Lipinski definition) is 3. The second-order valence-electron chi connectivity index (χ2n) is 6.12. The fourth-order valence-electron chi connectivity index (χ4n) is 3.09. The zero-order valence-electron chi connectivity index (χ0n) is 16.3. The summed E-state index contributed by atoms with van der Waals surface area (Å²) in [6.07, 6.45) is 3.35. The maximum Gasteiger partial charge on any atom is 0.147 e. The summed E-state index contributed by atoms with van der Waals surface area (Å²) in [7, 11) is 0. The van der Waals surface area contributed by atoms with E-state index >= 15 is 0 Å². The molecule has 0 aliphatic heterocycles. The number of phenolic OH excluding ortho intramolecular Hbond substituents is 1. The Kier molecular flexibility index (Phi) is 6.52. The van der Waals surface area contributed by atoms with Crippen molar-refractivity contribution in [3.63, 3.8) is 0 Å². The van der Waals surface area contributed by atoms with Gasteiger partial charge in [0, 0.05) is 23.3 Å². The first kappa shape index (κ1) is 20.4. The number of benzene rings is 2. The molecule has 0 saturated heterocycles. The lowest BCUT2D eigenvalue weighted by molar-refractivity contribution is 0.471. The van der Waals surface area contributed by atoms with Crippen LogP contribution in [0.25, 0.3) is 10.9 Å². The van der Waals surface area contributed by atoms with Crippen molar-refractivity contribution in [3.05, 3.63) is 89.2 Å². The number of aromatic hydroxyl groups is 1. The zero-order chi connectivity index (χ0) is 20.8. The average Bonchev–Trinajstić information content (AvgIpc) is 2.77. The molecule has 2 aromatic heterocycles. The highest BCUT2D eigenvalue weighted by molar-refractivity contribution is 6.34. The number of aromatic nitrogens is 2. The molecule has 0 aliphatic rings. The van der Waals surface area contributed by atoms with E-state index in [1.807, 2.05) is 68.4 Å². The van der Waals surface area contributed by atoms with E-state index in [0.717, 1.165) is 10.9 Å². The molecule has 0 aliphatic carbocycles. The molecule has 5 nitrogen and oxygen atoms in total. The first-order chi connectivity index (χ1) is 14.1. The Labute approximate surface area is 175 Å². The van der Waals surface area contributed by atoms with Gasteiger partial charge in [-0.3, -0.25) is 4.98 Å². The van der Waals surface area contributed by atoms with Crippen LogP contribution in [-0.4, -0.2) is 15.1 Å². The van der Waals surface area contributed by atoms with Crippen molar-refractivity contribution in [1.82, 2.24) is 9.97 Å². The zero-order valence-corrected chi connectivity index (χ0v) is 17.1. The molecular formula is C23H23ClN4O. The van der Waals surface area contributed by atoms with Gasteiger partial charge in [-0.2, -0.15) is 0 Å². The van der Waals surface area contributed by atoms with Gasteiger partial charge in [0.2, 0.25) is 0 Å². The molecule has 4 aromatic rings. The quantitative estimate of drug-likeness (QED) is 0.373. The molecular weight excluding hydrogens is 384 g/mol. The molecule has 4 rings (SSSR count). The molecule has 0 radical (unpaired) electrons. The van der Waals surface area contributed by atoms with Crippen LogP contribution in [-0.2, 0) is 0 Å². The smallest absolute Gasteiger partial charge is 0.147 e. The highest BCUT2D eigenvalue weighted by Gasteiger charge is 2.23. The van der Waals surface area contributed by atoms with E-state index in [9.17, 15) is 5.11 Å². The number of nitrogen functional groups attached to an aromatic ring is 1. The van der Waals surface area contributed by atoms with E-state index in [1.54, 1.807) is 18.5 Å². The van der Waals surface area contributed by atoms with Crippen LogP contribution >= 0.6 is 11.6 Å². The summed E-state index contributed by atoms with van der Waals surface area (Å²) in [5.74, 6) is 0.751. The Morgan fingerprint density at radius 1 is 0.897 bits per heavy atom. The Morgan fingerprint density at radius 2 is 1.69 bits per heavy atom. The van der Waals surface area contributed by atoms with E-state index in [1.165, 1.54) is 0 Å². The SMILES string of the molecule is CC.Nc1cccc(C(Nc2ccccn2)c2ccc3cccnc3c2O)c1Cl. The summed E-state index contributed by atoms with van der Waals surface area (Å²) in [5, 5.41) is 15.6. The molecule has 0 fully saturated rings. The van der Waals surface area contributed by atoms with Gasteiger partial charge in [-0.25, -0.2) is 4.98 Å². The first-order valence-corrected chi connectivity index (χ1v) is 9.81. The fraction of sp³-hybridized carbons (Fsp3) is 0.130. The molecule has 0 spiro atoms. The molecule has 0 bridgehead atoms. The molecule has 1 unspecified atom stereocenters. The van der Waals surface area contributed by atoms with Crippen molar-refractivity contribution in [2.24, 2.45) is 0 Å². The van der Waals surface area contributed by atoms with Gasteiger partial charge in [0.15, 0.2) is 0 Å². The number of anilines is 2. The Balaban J connectivity index is 0.00000117. The van der Waals surface area contributed by atoms with E-state index < -0.39 is 6.04 Å². The third-order valence-corrected chi connectivity index (χ3v) is 4.85. The van der Waals surface area contributed by atoms with Crippen LogP contribution in [0.1, 0.15) is 31.0 Å². The highest BCUT2D eigenvalue weighted by Crippen LogP contribution is 2.39. The van der Waals surface area contributed by atoms with Crippen LogP contribution in [0.3, 0.4) is 0 Å². The predicted octanol–water partition coefficient (Wildman–Crippen LogP) is 5.80. The third kappa shape index (κ3) is 4.25. The van der Waals surface area contributed by atoms with Gasteiger partial charge in [0.1, 0.15) is 17.1 Å². The monoisotopic (exact) mass is 406 g/mol. The van der Waals surface area contributed by atoms with Gasteiger partial charge in [0.05, 0.1) is 16.8 Å². The van der Waals surface area contributed by atoms with Crippen LogP contribution in [0.2, 0.25) is 5.02 Å². The lowest BCUT2D eigenvalue weighted by atomic mass is 9.95. The summed E-state index contributed by atoms with van der Waals surface area (Å²) in [6.45, 7) is 4.00. The number of hydrogen-bond acceptors (Lipinski definition) is 5. The number of phenols is 1. The highest BCUT2D eigenvalue weighted by atomic mass is 35.5. The number of nitrogens with zero attached hydrogens (tertiary/aromatic N) is 2. The number of pyridine rings is 2. The minimum absolute atomic E-state index is 0.0972. The number of halogens is 1. The molecule has 2 aromatic carbocycles. The summed E-state index contributed by atoms with van der Waals surface area (Å²) >= 11 is 6.49. The molecule has 0 saturated carbocycles. The normalized spacial score (nSPS) is 11.4. The Hall–Kier alpha value is -3.31. The van der Waals surface area contributed by atoms with Crippen molar-refractivity contribution in [2.75, 3.05) is 11.1 Å². The van der Waals surface area contributed by atoms with Gasteiger partial charge in [0.25, 0.3) is 0 Å².